The molecule has 0 bridgehead atoms. The first-order chi connectivity index (χ1) is 10.6. The second-order valence-electron chi connectivity index (χ2n) is 5.65. The summed E-state index contributed by atoms with van der Waals surface area (Å²) in [4.78, 5) is 0. The van der Waals surface area contributed by atoms with E-state index in [1.807, 2.05) is 35.0 Å². The van der Waals surface area contributed by atoms with Crippen molar-refractivity contribution in [2.75, 3.05) is 7.11 Å². The van der Waals surface area contributed by atoms with Crippen LogP contribution >= 0.6 is 0 Å². The van der Waals surface area contributed by atoms with Crippen molar-refractivity contribution >= 4 is 10.9 Å². The summed E-state index contributed by atoms with van der Waals surface area (Å²) in [5.74, 6) is 0.560. The van der Waals surface area contributed by atoms with Crippen LogP contribution in [-0.2, 0) is 6.42 Å². The van der Waals surface area contributed by atoms with Crippen LogP contribution in [0, 0.1) is 5.82 Å². The molecule has 0 atom stereocenters. The summed E-state index contributed by atoms with van der Waals surface area (Å²) >= 11 is 0. The van der Waals surface area contributed by atoms with Gasteiger partial charge in [0, 0.05) is 17.8 Å². The molecule has 3 rings (SSSR count). The monoisotopic (exact) mass is 298 g/mol. The number of benzene rings is 2. The van der Waals surface area contributed by atoms with Gasteiger partial charge in [0.15, 0.2) is 5.82 Å². The van der Waals surface area contributed by atoms with Crippen LogP contribution in [0.3, 0.4) is 0 Å². The van der Waals surface area contributed by atoms with E-state index in [0.29, 0.717) is 11.9 Å². The molecule has 0 saturated heterocycles. The molecule has 0 unspecified atom stereocenters. The van der Waals surface area contributed by atoms with Crippen molar-refractivity contribution in [3.63, 3.8) is 0 Å². The number of methoxy groups -OCH3 is 1. The van der Waals surface area contributed by atoms with Gasteiger partial charge >= 0.3 is 0 Å². The maximum Gasteiger partial charge on any atom is 0.151 e. The quantitative estimate of drug-likeness (QED) is 0.715. The minimum atomic E-state index is -0.270. The number of nitrogens with zero attached hydrogens (tertiary/aromatic N) is 2. The summed E-state index contributed by atoms with van der Waals surface area (Å²) in [5.41, 5.74) is 2.63. The molecule has 1 heterocycles. The van der Waals surface area contributed by atoms with Gasteiger partial charge in [0.2, 0.25) is 0 Å². The van der Waals surface area contributed by atoms with Crippen molar-refractivity contribution in [3.05, 3.63) is 59.5 Å². The molecule has 0 radical (unpaired) electrons. The van der Waals surface area contributed by atoms with Crippen molar-refractivity contribution in [1.29, 1.82) is 0 Å². The standard InChI is InChI=1S/C18H19FN2O/c1-12(2)21-17(11-13-7-9-14(22-3)10-8-13)15-5-4-6-16(19)18(15)20-21/h4-10,12H,11H2,1-3H3. The van der Waals surface area contributed by atoms with Crippen LogP contribution in [0.1, 0.15) is 31.1 Å². The lowest BCUT2D eigenvalue weighted by Gasteiger charge is -2.11. The van der Waals surface area contributed by atoms with Crippen molar-refractivity contribution in [2.24, 2.45) is 0 Å². The molecule has 0 amide bonds. The molecule has 3 aromatic rings. The van der Waals surface area contributed by atoms with Crippen LogP contribution in [0.25, 0.3) is 10.9 Å². The second kappa shape index (κ2) is 5.79. The average molecular weight is 298 g/mol. The van der Waals surface area contributed by atoms with Crippen molar-refractivity contribution in [1.82, 2.24) is 9.78 Å². The molecule has 0 spiro atoms. The Morgan fingerprint density at radius 1 is 1.14 bits per heavy atom. The predicted octanol–water partition coefficient (Wildman–Crippen LogP) is 4.36. The fourth-order valence-electron chi connectivity index (χ4n) is 2.68. The van der Waals surface area contributed by atoms with Gasteiger partial charge in [-0.3, -0.25) is 4.68 Å². The zero-order valence-corrected chi connectivity index (χ0v) is 13.0. The number of aromatic nitrogens is 2. The van der Waals surface area contributed by atoms with Gasteiger partial charge in [0.1, 0.15) is 11.3 Å². The van der Waals surface area contributed by atoms with E-state index in [4.69, 9.17) is 4.74 Å². The summed E-state index contributed by atoms with van der Waals surface area (Å²) < 4.78 is 21.1. The van der Waals surface area contributed by atoms with E-state index in [1.54, 1.807) is 13.2 Å². The normalized spacial score (nSPS) is 11.3. The van der Waals surface area contributed by atoms with E-state index in [9.17, 15) is 4.39 Å². The summed E-state index contributed by atoms with van der Waals surface area (Å²) in [7, 11) is 1.65. The van der Waals surface area contributed by atoms with Gasteiger partial charge in [-0.25, -0.2) is 4.39 Å². The molecule has 2 aromatic carbocycles. The molecule has 4 heteroatoms. The molecule has 114 valence electrons. The topological polar surface area (TPSA) is 27.1 Å². The summed E-state index contributed by atoms with van der Waals surface area (Å²) in [6.45, 7) is 4.11. The largest absolute Gasteiger partial charge is 0.497 e. The summed E-state index contributed by atoms with van der Waals surface area (Å²) in [5, 5.41) is 5.34. The molecular weight excluding hydrogens is 279 g/mol. The number of hydrogen-bond acceptors (Lipinski definition) is 2. The lowest BCUT2D eigenvalue weighted by atomic mass is 10.1. The highest BCUT2D eigenvalue weighted by molar-refractivity contribution is 5.82. The van der Waals surface area contributed by atoms with Gasteiger partial charge < -0.3 is 4.74 Å². The molecule has 0 fully saturated rings. The highest BCUT2D eigenvalue weighted by Crippen LogP contribution is 2.26. The number of ether oxygens (including phenoxy) is 1. The fourth-order valence-corrected chi connectivity index (χ4v) is 2.68. The van der Waals surface area contributed by atoms with Crippen LogP contribution in [0.4, 0.5) is 4.39 Å². The number of rotatable bonds is 4. The molecule has 0 saturated carbocycles. The first-order valence-electron chi connectivity index (χ1n) is 7.38. The van der Waals surface area contributed by atoms with E-state index in [-0.39, 0.29) is 11.9 Å². The Morgan fingerprint density at radius 3 is 2.50 bits per heavy atom. The smallest absolute Gasteiger partial charge is 0.151 e. The second-order valence-corrected chi connectivity index (χ2v) is 5.65. The van der Waals surface area contributed by atoms with Crippen LogP contribution < -0.4 is 4.74 Å². The van der Waals surface area contributed by atoms with Gasteiger partial charge in [0.25, 0.3) is 0 Å². The van der Waals surface area contributed by atoms with Gasteiger partial charge in [-0.2, -0.15) is 5.10 Å². The molecule has 0 aliphatic heterocycles. The summed E-state index contributed by atoms with van der Waals surface area (Å²) in [6, 6.07) is 13.2. The van der Waals surface area contributed by atoms with Crippen molar-refractivity contribution in [2.45, 2.75) is 26.3 Å². The SMILES string of the molecule is COc1ccc(Cc2c3cccc(F)c3nn2C(C)C)cc1. The average Bonchev–Trinajstić information content (AvgIpc) is 2.89. The first-order valence-corrected chi connectivity index (χ1v) is 7.38. The van der Waals surface area contributed by atoms with E-state index in [0.717, 1.165) is 22.4 Å². The van der Waals surface area contributed by atoms with Crippen LogP contribution in [0.15, 0.2) is 42.5 Å². The third kappa shape index (κ3) is 2.56. The molecular formula is C18H19FN2O. The van der Waals surface area contributed by atoms with Gasteiger partial charge in [-0.05, 0) is 37.6 Å². The Hall–Kier alpha value is -2.36. The Balaban J connectivity index is 2.07. The maximum absolute atomic E-state index is 14.0. The van der Waals surface area contributed by atoms with Crippen molar-refractivity contribution < 1.29 is 9.13 Å². The zero-order chi connectivity index (χ0) is 15.7. The first kappa shape index (κ1) is 14.6. The third-order valence-corrected chi connectivity index (χ3v) is 3.80. The van der Waals surface area contributed by atoms with Crippen LogP contribution in [0.5, 0.6) is 5.75 Å². The minimum absolute atomic E-state index is 0.181. The van der Waals surface area contributed by atoms with E-state index in [1.165, 1.54) is 6.07 Å². The predicted molar refractivity (Wildman–Crippen MR) is 85.9 cm³/mol. The van der Waals surface area contributed by atoms with Crippen molar-refractivity contribution in [3.8, 4) is 5.75 Å². The van der Waals surface area contributed by atoms with Crippen LogP contribution in [0.2, 0.25) is 0 Å². The van der Waals surface area contributed by atoms with Gasteiger partial charge in [-0.1, -0.05) is 24.3 Å². The van der Waals surface area contributed by atoms with Gasteiger partial charge in [0.05, 0.1) is 12.8 Å². The lowest BCUT2D eigenvalue weighted by Crippen LogP contribution is -2.08. The van der Waals surface area contributed by atoms with Gasteiger partial charge in [-0.15, -0.1) is 0 Å². The Labute approximate surface area is 129 Å². The molecule has 1 aromatic heterocycles. The highest BCUT2D eigenvalue weighted by Gasteiger charge is 2.16. The molecule has 0 aliphatic rings. The maximum atomic E-state index is 14.0. The molecule has 0 N–H and O–H groups in total. The lowest BCUT2D eigenvalue weighted by molar-refractivity contribution is 0.414. The Kier molecular flexibility index (Phi) is 3.84. The highest BCUT2D eigenvalue weighted by atomic mass is 19.1. The number of hydrogen-bond donors (Lipinski definition) is 0. The molecule has 0 aliphatic carbocycles. The molecule has 22 heavy (non-hydrogen) atoms. The Bertz CT molecular complexity index is 791. The van der Waals surface area contributed by atoms with E-state index in [2.05, 4.69) is 18.9 Å². The third-order valence-electron chi connectivity index (χ3n) is 3.80. The fraction of sp³-hybridized carbons (Fsp3) is 0.278. The minimum Gasteiger partial charge on any atom is -0.497 e. The zero-order valence-electron chi connectivity index (χ0n) is 13.0. The van der Waals surface area contributed by atoms with E-state index >= 15 is 0 Å². The number of fused-ring (bicyclic) bond motifs is 1. The van der Waals surface area contributed by atoms with E-state index < -0.39 is 0 Å². The Morgan fingerprint density at radius 2 is 1.86 bits per heavy atom. The van der Waals surface area contributed by atoms with Crippen LogP contribution in [-0.4, -0.2) is 16.9 Å². The molecule has 3 nitrogen and oxygen atoms in total. The number of halogens is 1. The summed E-state index contributed by atoms with van der Waals surface area (Å²) in [6.07, 6.45) is 0.710.